The first-order valence-corrected chi connectivity index (χ1v) is 9.95. The number of carbonyl (C=O) groups excluding carboxylic acids is 2. The number of carbonyl (C=O) groups is 2. The lowest BCUT2D eigenvalue weighted by molar-refractivity contribution is -0.137. The van der Waals surface area contributed by atoms with Crippen molar-refractivity contribution in [2.45, 2.75) is 38.8 Å². The van der Waals surface area contributed by atoms with Gasteiger partial charge in [-0.25, -0.2) is 9.48 Å². The molecule has 0 unspecified atom stereocenters. The number of ether oxygens (including phenoxy) is 1. The Hall–Kier alpha value is -3.22. The quantitative estimate of drug-likeness (QED) is 0.624. The topological polar surface area (TPSA) is 77.3 Å². The van der Waals surface area contributed by atoms with Crippen LogP contribution in [0.5, 0.6) is 0 Å². The lowest BCUT2D eigenvalue weighted by Gasteiger charge is -2.33. The van der Waals surface area contributed by atoms with E-state index in [1.165, 1.54) is 0 Å². The average Bonchev–Trinajstić information content (AvgIpc) is 3.15. The second-order valence-corrected chi connectivity index (χ2v) is 7.44. The molecule has 2 aromatic carbocycles. The van der Waals surface area contributed by atoms with Gasteiger partial charge < -0.3 is 9.64 Å². The van der Waals surface area contributed by atoms with Gasteiger partial charge in [0.2, 0.25) is 0 Å². The van der Waals surface area contributed by atoms with E-state index in [9.17, 15) is 9.59 Å². The summed E-state index contributed by atoms with van der Waals surface area (Å²) in [5.41, 5.74) is 3.23. The van der Waals surface area contributed by atoms with Crippen molar-refractivity contribution in [2.75, 3.05) is 13.2 Å². The molecule has 0 bridgehead atoms. The number of piperidine rings is 1. The number of benzene rings is 2. The summed E-state index contributed by atoms with van der Waals surface area (Å²) < 4.78 is 7.06. The summed E-state index contributed by atoms with van der Waals surface area (Å²) >= 11 is 0. The highest BCUT2D eigenvalue weighted by Gasteiger charge is 2.24. The highest BCUT2D eigenvalue weighted by molar-refractivity contribution is 5.91. The van der Waals surface area contributed by atoms with E-state index in [0.29, 0.717) is 12.1 Å². The van der Waals surface area contributed by atoms with Gasteiger partial charge in [-0.3, -0.25) is 4.79 Å². The standard InChI is InChI=1S/C22H24N4O3/c1-16-6-4-5-13-25(16)21(27)15-29-22(28)18-11-9-17(10-12-18)14-26-20-8-3-2-7-19(20)23-24-26/h2-3,7-12,16H,4-6,13-15H2,1H3/t16-/m1/s1. The summed E-state index contributed by atoms with van der Waals surface area (Å²) in [5.74, 6) is -0.610. The molecule has 1 atom stereocenters. The first kappa shape index (κ1) is 19.1. The van der Waals surface area contributed by atoms with Crippen LogP contribution in [0.4, 0.5) is 0 Å². The van der Waals surface area contributed by atoms with Gasteiger partial charge in [0.05, 0.1) is 17.6 Å². The number of nitrogens with zero attached hydrogens (tertiary/aromatic N) is 4. The SMILES string of the molecule is C[C@@H]1CCCCN1C(=O)COC(=O)c1ccc(Cn2nnc3ccccc32)cc1. The lowest BCUT2D eigenvalue weighted by atomic mass is 10.0. The van der Waals surface area contributed by atoms with Crippen LogP contribution in [0, 0.1) is 0 Å². The molecule has 7 nitrogen and oxygen atoms in total. The number of esters is 1. The molecule has 1 aliphatic rings. The van der Waals surface area contributed by atoms with Crippen LogP contribution in [-0.4, -0.2) is 51.0 Å². The molecule has 0 saturated carbocycles. The smallest absolute Gasteiger partial charge is 0.338 e. The van der Waals surface area contributed by atoms with E-state index in [1.807, 2.05) is 52.9 Å². The van der Waals surface area contributed by atoms with Crippen LogP contribution < -0.4 is 0 Å². The van der Waals surface area contributed by atoms with E-state index in [2.05, 4.69) is 10.3 Å². The van der Waals surface area contributed by atoms with Crippen LogP contribution in [-0.2, 0) is 16.1 Å². The minimum atomic E-state index is -0.485. The van der Waals surface area contributed by atoms with Crippen LogP contribution in [0.1, 0.15) is 42.1 Å². The Morgan fingerprint density at radius 3 is 2.69 bits per heavy atom. The van der Waals surface area contributed by atoms with E-state index < -0.39 is 5.97 Å². The van der Waals surface area contributed by atoms with Crippen LogP contribution in [0.2, 0.25) is 0 Å². The number of hydrogen-bond acceptors (Lipinski definition) is 5. The van der Waals surface area contributed by atoms with Crippen LogP contribution in [0.3, 0.4) is 0 Å². The van der Waals surface area contributed by atoms with Crippen molar-refractivity contribution in [1.29, 1.82) is 0 Å². The summed E-state index contributed by atoms with van der Waals surface area (Å²) in [4.78, 5) is 26.4. The molecule has 0 N–H and O–H groups in total. The summed E-state index contributed by atoms with van der Waals surface area (Å²) in [6, 6.07) is 15.1. The number of fused-ring (bicyclic) bond motifs is 1. The fourth-order valence-corrected chi connectivity index (χ4v) is 3.72. The third kappa shape index (κ3) is 4.29. The molecule has 1 fully saturated rings. The zero-order valence-electron chi connectivity index (χ0n) is 16.5. The minimum absolute atomic E-state index is 0.125. The lowest BCUT2D eigenvalue weighted by Crippen LogP contribution is -2.44. The summed E-state index contributed by atoms with van der Waals surface area (Å²) in [7, 11) is 0. The summed E-state index contributed by atoms with van der Waals surface area (Å²) in [6.07, 6.45) is 3.15. The molecule has 1 aliphatic heterocycles. The molecule has 1 saturated heterocycles. The largest absolute Gasteiger partial charge is 0.452 e. The highest BCUT2D eigenvalue weighted by Crippen LogP contribution is 2.17. The molecule has 3 aromatic rings. The van der Waals surface area contributed by atoms with E-state index in [1.54, 1.807) is 12.1 Å². The Bertz CT molecular complexity index is 1010. The van der Waals surface area contributed by atoms with Gasteiger partial charge >= 0.3 is 5.97 Å². The fourth-order valence-electron chi connectivity index (χ4n) is 3.72. The van der Waals surface area contributed by atoms with Crippen molar-refractivity contribution in [2.24, 2.45) is 0 Å². The molecule has 2 heterocycles. The minimum Gasteiger partial charge on any atom is -0.452 e. The van der Waals surface area contributed by atoms with Crippen LogP contribution >= 0.6 is 0 Å². The van der Waals surface area contributed by atoms with Crippen molar-refractivity contribution in [3.05, 3.63) is 59.7 Å². The third-order valence-electron chi connectivity index (χ3n) is 5.39. The first-order valence-electron chi connectivity index (χ1n) is 9.95. The second-order valence-electron chi connectivity index (χ2n) is 7.44. The van der Waals surface area contributed by atoms with Crippen LogP contribution in [0.15, 0.2) is 48.5 Å². The first-order chi connectivity index (χ1) is 14.1. The number of rotatable bonds is 5. The predicted molar refractivity (Wildman–Crippen MR) is 108 cm³/mol. The maximum atomic E-state index is 12.3. The molecular weight excluding hydrogens is 368 g/mol. The number of amides is 1. The van der Waals surface area contributed by atoms with Crippen molar-refractivity contribution >= 4 is 22.9 Å². The zero-order chi connectivity index (χ0) is 20.2. The van der Waals surface area contributed by atoms with Gasteiger partial charge in [-0.1, -0.05) is 29.5 Å². The number of aromatic nitrogens is 3. The van der Waals surface area contributed by atoms with Gasteiger partial charge in [-0.15, -0.1) is 5.10 Å². The molecule has 0 aliphatic carbocycles. The van der Waals surface area contributed by atoms with E-state index in [-0.39, 0.29) is 18.6 Å². The van der Waals surface area contributed by atoms with Crippen molar-refractivity contribution < 1.29 is 14.3 Å². The molecule has 0 spiro atoms. The highest BCUT2D eigenvalue weighted by atomic mass is 16.5. The van der Waals surface area contributed by atoms with Crippen molar-refractivity contribution in [1.82, 2.24) is 19.9 Å². The van der Waals surface area contributed by atoms with Gasteiger partial charge in [0, 0.05) is 12.6 Å². The van der Waals surface area contributed by atoms with E-state index >= 15 is 0 Å². The second kappa shape index (κ2) is 8.43. The Labute approximate surface area is 169 Å². The third-order valence-corrected chi connectivity index (χ3v) is 5.39. The normalized spacial score (nSPS) is 16.7. The Balaban J connectivity index is 1.35. The van der Waals surface area contributed by atoms with E-state index in [0.717, 1.165) is 42.4 Å². The summed E-state index contributed by atoms with van der Waals surface area (Å²) in [6.45, 7) is 3.12. The van der Waals surface area contributed by atoms with Gasteiger partial charge in [0.25, 0.3) is 5.91 Å². The maximum absolute atomic E-state index is 12.3. The molecule has 150 valence electrons. The maximum Gasteiger partial charge on any atom is 0.338 e. The van der Waals surface area contributed by atoms with Gasteiger partial charge in [0.1, 0.15) is 5.52 Å². The number of likely N-dealkylation sites (tertiary alicyclic amines) is 1. The Morgan fingerprint density at radius 1 is 1.10 bits per heavy atom. The predicted octanol–water partition coefficient (Wildman–Crippen LogP) is 3.04. The van der Waals surface area contributed by atoms with Gasteiger partial charge in [0.15, 0.2) is 6.61 Å². The van der Waals surface area contributed by atoms with Crippen LogP contribution in [0.25, 0.3) is 11.0 Å². The number of hydrogen-bond donors (Lipinski definition) is 0. The molecule has 7 heteroatoms. The fraction of sp³-hybridized carbons (Fsp3) is 0.364. The molecular formula is C22H24N4O3. The summed E-state index contributed by atoms with van der Waals surface area (Å²) in [5, 5.41) is 8.33. The van der Waals surface area contributed by atoms with E-state index in [4.69, 9.17) is 4.74 Å². The Kier molecular flexibility index (Phi) is 5.55. The van der Waals surface area contributed by atoms with Crippen molar-refractivity contribution in [3.63, 3.8) is 0 Å². The number of para-hydroxylation sites is 1. The molecule has 4 rings (SSSR count). The van der Waals surface area contributed by atoms with Gasteiger partial charge in [-0.05, 0) is 56.0 Å². The molecule has 1 amide bonds. The zero-order valence-corrected chi connectivity index (χ0v) is 16.5. The molecule has 29 heavy (non-hydrogen) atoms. The van der Waals surface area contributed by atoms with Gasteiger partial charge in [-0.2, -0.15) is 0 Å². The molecule has 0 radical (unpaired) electrons. The molecule has 1 aromatic heterocycles. The Morgan fingerprint density at radius 2 is 1.90 bits per heavy atom. The van der Waals surface area contributed by atoms with Crippen molar-refractivity contribution in [3.8, 4) is 0 Å². The average molecular weight is 392 g/mol. The monoisotopic (exact) mass is 392 g/mol.